The fourth-order valence-electron chi connectivity index (χ4n) is 2.97. The minimum atomic E-state index is -0.290. The lowest BCUT2D eigenvalue weighted by Crippen LogP contribution is -3.15. The van der Waals surface area contributed by atoms with E-state index in [-0.39, 0.29) is 11.9 Å². The number of anilines is 1. The highest BCUT2D eigenvalue weighted by Gasteiger charge is 2.27. The van der Waals surface area contributed by atoms with Crippen LogP contribution < -0.4 is 15.0 Å². The number of carbonyl (C=O) groups is 1. The molecule has 28 heavy (non-hydrogen) atoms. The van der Waals surface area contributed by atoms with Crippen molar-refractivity contribution in [2.45, 2.75) is 32.9 Å². The Bertz CT molecular complexity index is 895. The molecule has 0 saturated heterocycles. The molecule has 0 spiro atoms. The van der Waals surface area contributed by atoms with Crippen LogP contribution in [0.2, 0.25) is 0 Å². The topological polar surface area (TPSA) is 81.7 Å². The van der Waals surface area contributed by atoms with E-state index in [1.54, 1.807) is 18.4 Å². The number of hydrogen-bond acceptors (Lipinski definition) is 6. The van der Waals surface area contributed by atoms with E-state index in [0.717, 1.165) is 22.7 Å². The van der Waals surface area contributed by atoms with Gasteiger partial charge in [0.2, 0.25) is 0 Å². The zero-order valence-corrected chi connectivity index (χ0v) is 17.1. The molecule has 8 heteroatoms. The van der Waals surface area contributed by atoms with Gasteiger partial charge in [0.05, 0.1) is 24.2 Å². The van der Waals surface area contributed by atoms with Gasteiger partial charge in [-0.05, 0) is 36.9 Å². The first-order valence-electron chi connectivity index (χ1n) is 9.27. The standard InChI is InChI=1S/C20H24N4O3S/c1-4-11-24(13-18-22-23-20(27-18)17-10-7-12-28-17)14(2)19(25)21-15-8-5-6-9-16(15)26-3/h5-10,12,14H,4,11,13H2,1-3H3,(H,21,25)/p+1/t14-/m1/s1. The van der Waals surface area contributed by atoms with Crippen molar-refractivity contribution in [3.05, 3.63) is 47.7 Å². The Hall–Kier alpha value is -2.71. The average molecular weight is 402 g/mol. The molecule has 2 heterocycles. The van der Waals surface area contributed by atoms with E-state index in [1.165, 1.54) is 0 Å². The summed E-state index contributed by atoms with van der Waals surface area (Å²) in [7, 11) is 1.59. The smallest absolute Gasteiger partial charge is 0.282 e. The number of ether oxygens (including phenoxy) is 1. The predicted molar refractivity (Wildman–Crippen MR) is 109 cm³/mol. The summed E-state index contributed by atoms with van der Waals surface area (Å²) in [4.78, 5) is 14.8. The molecule has 2 N–H and O–H groups in total. The van der Waals surface area contributed by atoms with E-state index in [9.17, 15) is 4.79 Å². The molecule has 0 saturated carbocycles. The van der Waals surface area contributed by atoms with Gasteiger partial charge >= 0.3 is 0 Å². The van der Waals surface area contributed by atoms with E-state index < -0.39 is 0 Å². The molecular formula is C20H25N4O3S+. The third-order valence-corrected chi connectivity index (χ3v) is 5.38. The lowest BCUT2D eigenvalue weighted by atomic mass is 10.2. The van der Waals surface area contributed by atoms with Crippen molar-refractivity contribution >= 4 is 22.9 Å². The number of methoxy groups -OCH3 is 1. The van der Waals surface area contributed by atoms with Gasteiger partial charge < -0.3 is 19.4 Å². The summed E-state index contributed by atoms with van der Waals surface area (Å²) in [5, 5.41) is 13.2. The number of nitrogens with zero attached hydrogens (tertiary/aromatic N) is 2. The molecule has 1 aromatic carbocycles. The molecule has 148 valence electrons. The molecule has 3 aromatic rings. The van der Waals surface area contributed by atoms with Crippen molar-refractivity contribution in [3.63, 3.8) is 0 Å². The summed E-state index contributed by atoms with van der Waals surface area (Å²) in [6, 6.07) is 11.0. The van der Waals surface area contributed by atoms with Gasteiger partial charge in [0.1, 0.15) is 5.75 Å². The normalized spacial score (nSPS) is 13.1. The van der Waals surface area contributed by atoms with E-state index in [0.29, 0.717) is 29.8 Å². The fraction of sp³-hybridized carbons (Fsp3) is 0.350. The zero-order chi connectivity index (χ0) is 19.9. The number of aromatic nitrogens is 2. The number of hydrogen-bond donors (Lipinski definition) is 2. The Labute approximate surface area is 168 Å². The molecular weight excluding hydrogens is 376 g/mol. The molecule has 0 aliphatic rings. The Morgan fingerprint density at radius 2 is 2.11 bits per heavy atom. The van der Waals surface area contributed by atoms with Crippen LogP contribution in [-0.2, 0) is 11.3 Å². The molecule has 2 aromatic heterocycles. The molecule has 0 aliphatic carbocycles. The predicted octanol–water partition coefficient (Wildman–Crippen LogP) is 2.63. The lowest BCUT2D eigenvalue weighted by molar-refractivity contribution is -0.928. The molecule has 0 aliphatic heterocycles. The highest BCUT2D eigenvalue weighted by molar-refractivity contribution is 7.13. The summed E-state index contributed by atoms with van der Waals surface area (Å²) in [5.74, 6) is 1.61. The second kappa shape index (κ2) is 9.48. The van der Waals surface area contributed by atoms with Gasteiger partial charge in [-0.3, -0.25) is 4.79 Å². The number of rotatable bonds is 9. The van der Waals surface area contributed by atoms with Gasteiger partial charge in [0.15, 0.2) is 12.6 Å². The van der Waals surface area contributed by atoms with Crippen LogP contribution in [0.4, 0.5) is 5.69 Å². The van der Waals surface area contributed by atoms with Crippen LogP contribution in [0.5, 0.6) is 5.75 Å². The maximum absolute atomic E-state index is 12.8. The van der Waals surface area contributed by atoms with Crippen molar-refractivity contribution in [2.75, 3.05) is 19.0 Å². The Morgan fingerprint density at radius 1 is 1.29 bits per heavy atom. The Morgan fingerprint density at radius 3 is 2.82 bits per heavy atom. The molecule has 1 amide bonds. The number of amides is 1. The molecule has 2 atom stereocenters. The number of para-hydroxylation sites is 2. The van der Waals surface area contributed by atoms with Crippen molar-refractivity contribution in [1.29, 1.82) is 0 Å². The summed E-state index contributed by atoms with van der Waals surface area (Å²) in [5.41, 5.74) is 0.662. The molecule has 0 bridgehead atoms. The largest absolute Gasteiger partial charge is 0.495 e. The quantitative estimate of drug-likeness (QED) is 0.576. The van der Waals surface area contributed by atoms with E-state index in [2.05, 4.69) is 22.4 Å². The Kier molecular flexibility index (Phi) is 6.78. The second-order valence-corrected chi connectivity index (χ2v) is 7.42. The number of thiophene rings is 1. The number of carbonyl (C=O) groups excluding carboxylic acids is 1. The SMILES string of the molecule is CCC[NH+](Cc1nnc(-c2cccs2)o1)[C@H](C)C(=O)Nc1ccccc1OC. The summed E-state index contributed by atoms with van der Waals surface area (Å²) in [6.07, 6.45) is 0.938. The molecule has 1 unspecified atom stereocenters. The van der Waals surface area contributed by atoms with Crippen LogP contribution in [-0.4, -0.2) is 35.8 Å². The van der Waals surface area contributed by atoms with Gasteiger partial charge in [-0.2, -0.15) is 0 Å². The van der Waals surface area contributed by atoms with Crippen LogP contribution in [0.3, 0.4) is 0 Å². The minimum Gasteiger partial charge on any atom is -0.495 e. The minimum absolute atomic E-state index is 0.0778. The summed E-state index contributed by atoms with van der Waals surface area (Å²) in [6.45, 7) is 5.31. The first kappa shape index (κ1) is 20.0. The third kappa shape index (κ3) is 4.76. The molecule has 0 fully saturated rings. The van der Waals surface area contributed by atoms with Gasteiger partial charge in [-0.15, -0.1) is 21.5 Å². The number of benzene rings is 1. The second-order valence-electron chi connectivity index (χ2n) is 6.47. The molecule has 3 rings (SSSR count). The van der Waals surface area contributed by atoms with Crippen molar-refractivity contribution < 1.29 is 18.8 Å². The van der Waals surface area contributed by atoms with Crippen molar-refractivity contribution in [3.8, 4) is 16.5 Å². The maximum atomic E-state index is 12.8. The number of nitrogens with one attached hydrogen (secondary N) is 2. The number of quaternary nitrogens is 1. The van der Waals surface area contributed by atoms with E-state index in [4.69, 9.17) is 9.15 Å². The third-order valence-electron chi connectivity index (χ3n) is 4.52. The van der Waals surface area contributed by atoms with Crippen LogP contribution in [0, 0.1) is 0 Å². The summed E-state index contributed by atoms with van der Waals surface area (Å²) >= 11 is 1.56. The van der Waals surface area contributed by atoms with Gasteiger partial charge in [-0.25, -0.2) is 0 Å². The van der Waals surface area contributed by atoms with Crippen LogP contribution >= 0.6 is 11.3 Å². The van der Waals surface area contributed by atoms with Gasteiger partial charge in [-0.1, -0.05) is 25.1 Å². The summed E-state index contributed by atoms with van der Waals surface area (Å²) < 4.78 is 11.1. The highest BCUT2D eigenvalue weighted by atomic mass is 32.1. The van der Waals surface area contributed by atoms with Crippen LogP contribution in [0.25, 0.3) is 10.8 Å². The monoisotopic (exact) mass is 401 g/mol. The average Bonchev–Trinajstić information content (AvgIpc) is 3.39. The first-order valence-corrected chi connectivity index (χ1v) is 10.1. The van der Waals surface area contributed by atoms with Gasteiger partial charge in [0, 0.05) is 0 Å². The van der Waals surface area contributed by atoms with Gasteiger partial charge in [0.25, 0.3) is 17.7 Å². The maximum Gasteiger partial charge on any atom is 0.282 e. The fourth-order valence-corrected chi connectivity index (χ4v) is 3.62. The molecule has 0 radical (unpaired) electrons. The van der Waals surface area contributed by atoms with Crippen molar-refractivity contribution in [2.24, 2.45) is 0 Å². The van der Waals surface area contributed by atoms with Crippen LogP contribution in [0.15, 0.2) is 46.2 Å². The zero-order valence-electron chi connectivity index (χ0n) is 16.3. The van der Waals surface area contributed by atoms with Crippen molar-refractivity contribution in [1.82, 2.24) is 10.2 Å². The Balaban J connectivity index is 1.69. The van der Waals surface area contributed by atoms with Crippen LogP contribution in [0.1, 0.15) is 26.2 Å². The molecule has 7 nitrogen and oxygen atoms in total. The highest BCUT2D eigenvalue weighted by Crippen LogP contribution is 2.23. The van der Waals surface area contributed by atoms with E-state index in [1.807, 2.05) is 48.7 Å². The first-order chi connectivity index (χ1) is 13.6. The van der Waals surface area contributed by atoms with E-state index >= 15 is 0 Å². The lowest BCUT2D eigenvalue weighted by Gasteiger charge is -2.24.